The van der Waals surface area contributed by atoms with Gasteiger partial charge in [0, 0.05) is 5.56 Å². The van der Waals surface area contributed by atoms with Crippen LogP contribution in [0.3, 0.4) is 0 Å². The van der Waals surface area contributed by atoms with Crippen LogP contribution in [-0.2, 0) is 0 Å². The number of amides is 1. The van der Waals surface area contributed by atoms with Gasteiger partial charge in [0.15, 0.2) is 0 Å². The van der Waals surface area contributed by atoms with Crippen molar-refractivity contribution in [2.75, 3.05) is 7.11 Å². The molecule has 0 aliphatic heterocycles. The maximum atomic E-state index is 12.3. The van der Waals surface area contributed by atoms with E-state index in [4.69, 9.17) is 4.74 Å². The molecule has 2 N–H and O–H groups in total. The molecule has 0 radical (unpaired) electrons. The van der Waals surface area contributed by atoms with E-state index in [0.29, 0.717) is 11.4 Å². The van der Waals surface area contributed by atoms with E-state index >= 15 is 0 Å². The molecule has 2 aromatic carbocycles. The van der Waals surface area contributed by atoms with Crippen LogP contribution in [-0.4, -0.2) is 28.9 Å². The minimum atomic E-state index is -0.342. The van der Waals surface area contributed by atoms with E-state index in [2.05, 4.69) is 40.6 Å². The predicted octanol–water partition coefficient (Wildman–Crippen LogP) is 3.86. The van der Waals surface area contributed by atoms with Crippen molar-refractivity contribution in [3.8, 4) is 17.0 Å². The van der Waals surface area contributed by atoms with Crippen LogP contribution in [0.15, 0.2) is 53.6 Å². The lowest BCUT2D eigenvalue weighted by Crippen LogP contribution is -2.19. The quantitative estimate of drug-likeness (QED) is 0.534. The zero-order chi connectivity index (χ0) is 19.4. The molecule has 0 fully saturated rings. The van der Waals surface area contributed by atoms with E-state index in [9.17, 15) is 4.79 Å². The molecule has 27 heavy (non-hydrogen) atoms. The number of aromatic amines is 1. The van der Waals surface area contributed by atoms with Crippen LogP contribution >= 0.6 is 0 Å². The number of methoxy groups -OCH3 is 1. The maximum Gasteiger partial charge on any atom is 0.289 e. The molecule has 1 heterocycles. The van der Waals surface area contributed by atoms with Crippen molar-refractivity contribution >= 4 is 11.6 Å². The normalized spacial score (nSPS) is 11.3. The Balaban J connectivity index is 1.70. The van der Waals surface area contributed by atoms with E-state index in [0.717, 1.165) is 22.6 Å². The molecule has 6 heteroatoms. The number of nitrogens with one attached hydrogen (secondary N) is 2. The van der Waals surface area contributed by atoms with Gasteiger partial charge in [-0.2, -0.15) is 10.2 Å². The Morgan fingerprint density at radius 1 is 1.07 bits per heavy atom. The predicted molar refractivity (Wildman–Crippen MR) is 106 cm³/mol. The SMILES string of the molecule is COc1ccc(C(C)=NNC(=O)c2cc(-c3ccc(C)c(C)c3)n[nH]2)cc1. The molecule has 0 aliphatic carbocycles. The van der Waals surface area contributed by atoms with Crippen LogP contribution in [0.1, 0.15) is 34.1 Å². The molecule has 3 rings (SSSR count). The van der Waals surface area contributed by atoms with Crippen molar-refractivity contribution < 1.29 is 9.53 Å². The lowest BCUT2D eigenvalue weighted by molar-refractivity contribution is 0.0950. The fourth-order valence-corrected chi connectivity index (χ4v) is 2.58. The fourth-order valence-electron chi connectivity index (χ4n) is 2.58. The van der Waals surface area contributed by atoms with Crippen LogP contribution in [0.4, 0.5) is 0 Å². The summed E-state index contributed by atoms with van der Waals surface area (Å²) in [7, 11) is 1.62. The molecule has 1 amide bonds. The smallest absolute Gasteiger partial charge is 0.289 e. The standard InChI is InChI=1S/C21H22N4O2/c1-13-5-6-17(11-14(13)2)19-12-20(24-23-19)21(26)25-22-15(3)16-7-9-18(27-4)10-8-16/h5-12H,1-4H3,(H,23,24)(H,25,26). The number of hydrogen-bond donors (Lipinski definition) is 2. The highest BCUT2D eigenvalue weighted by Crippen LogP contribution is 2.21. The van der Waals surface area contributed by atoms with Crippen LogP contribution in [0.2, 0.25) is 0 Å². The zero-order valence-corrected chi connectivity index (χ0v) is 15.8. The first-order valence-electron chi connectivity index (χ1n) is 8.60. The highest BCUT2D eigenvalue weighted by Gasteiger charge is 2.11. The first kappa shape index (κ1) is 18.4. The van der Waals surface area contributed by atoms with Crippen molar-refractivity contribution in [2.24, 2.45) is 5.10 Å². The molecule has 1 aromatic heterocycles. The summed E-state index contributed by atoms with van der Waals surface area (Å²) in [6.07, 6.45) is 0. The molecular weight excluding hydrogens is 340 g/mol. The number of carbonyl (C=O) groups is 1. The highest BCUT2D eigenvalue weighted by molar-refractivity contribution is 6.00. The average Bonchev–Trinajstić information content (AvgIpc) is 3.18. The molecular formula is C21H22N4O2. The third kappa shape index (κ3) is 4.23. The summed E-state index contributed by atoms with van der Waals surface area (Å²) in [6, 6.07) is 15.3. The van der Waals surface area contributed by atoms with Crippen molar-refractivity contribution in [3.05, 3.63) is 70.9 Å². The minimum Gasteiger partial charge on any atom is -0.497 e. The lowest BCUT2D eigenvalue weighted by atomic mass is 10.0. The van der Waals surface area contributed by atoms with Crippen molar-refractivity contribution in [2.45, 2.75) is 20.8 Å². The largest absolute Gasteiger partial charge is 0.497 e. The molecule has 0 spiro atoms. The van der Waals surface area contributed by atoms with E-state index in [-0.39, 0.29) is 5.91 Å². The molecule has 0 aliphatic rings. The van der Waals surface area contributed by atoms with Crippen LogP contribution in [0, 0.1) is 13.8 Å². The molecule has 0 bridgehead atoms. The summed E-state index contributed by atoms with van der Waals surface area (Å²) >= 11 is 0. The van der Waals surface area contributed by atoms with Gasteiger partial charge in [-0.3, -0.25) is 9.89 Å². The molecule has 0 saturated heterocycles. The lowest BCUT2D eigenvalue weighted by Gasteiger charge is -2.03. The number of H-pyrrole nitrogens is 1. The summed E-state index contributed by atoms with van der Waals surface area (Å²) < 4.78 is 5.14. The van der Waals surface area contributed by atoms with Crippen molar-refractivity contribution in [1.82, 2.24) is 15.6 Å². The summed E-state index contributed by atoms with van der Waals surface area (Å²) in [4.78, 5) is 12.3. The van der Waals surface area contributed by atoms with Gasteiger partial charge in [-0.15, -0.1) is 0 Å². The van der Waals surface area contributed by atoms with Gasteiger partial charge in [-0.25, -0.2) is 5.43 Å². The number of benzene rings is 2. The van der Waals surface area contributed by atoms with Gasteiger partial charge in [-0.05, 0) is 73.9 Å². The van der Waals surface area contributed by atoms with Gasteiger partial charge in [0.1, 0.15) is 11.4 Å². The number of aromatic nitrogens is 2. The second-order valence-electron chi connectivity index (χ2n) is 6.33. The number of hydrogen-bond acceptors (Lipinski definition) is 4. The highest BCUT2D eigenvalue weighted by atomic mass is 16.5. The molecule has 0 unspecified atom stereocenters. The van der Waals surface area contributed by atoms with E-state index in [1.165, 1.54) is 11.1 Å². The average molecular weight is 362 g/mol. The number of rotatable bonds is 5. The van der Waals surface area contributed by atoms with Crippen LogP contribution in [0.5, 0.6) is 5.75 Å². The molecule has 0 atom stereocenters. The second kappa shape index (κ2) is 7.86. The molecule has 3 aromatic rings. The van der Waals surface area contributed by atoms with Gasteiger partial charge in [0.25, 0.3) is 5.91 Å². The van der Waals surface area contributed by atoms with E-state index in [1.807, 2.05) is 43.3 Å². The Bertz CT molecular complexity index is 988. The summed E-state index contributed by atoms with van der Waals surface area (Å²) in [6.45, 7) is 5.94. The molecule has 6 nitrogen and oxygen atoms in total. The number of carbonyl (C=O) groups excluding carboxylic acids is 1. The fraction of sp³-hybridized carbons (Fsp3) is 0.190. The number of hydrazone groups is 1. The van der Waals surface area contributed by atoms with Crippen molar-refractivity contribution in [3.63, 3.8) is 0 Å². The Labute approximate surface area is 158 Å². The Morgan fingerprint density at radius 3 is 2.48 bits per heavy atom. The minimum absolute atomic E-state index is 0.342. The van der Waals surface area contributed by atoms with Crippen molar-refractivity contribution in [1.29, 1.82) is 0 Å². The first-order valence-corrected chi connectivity index (χ1v) is 8.60. The van der Waals surface area contributed by atoms with Gasteiger partial charge >= 0.3 is 0 Å². The molecule has 138 valence electrons. The third-order valence-electron chi connectivity index (χ3n) is 4.46. The van der Waals surface area contributed by atoms with E-state index < -0.39 is 0 Å². The Hall–Kier alpha value is -3.41. The number of aryl methyl sites for hydroxylation is 2. The maximum absolute atomic E-state index is 12.3. The second-order valence-corrected chi connectivity index (χ2v) is 6.33. The van der Waals surface area contributed by atoms with Gasteiger partial charge < -0.3 is 4.74 Å². The van der Waals surface area contributed by atoms with Gasteiger partial charge in [0.2, 0.25) is 0 Å². The Kier molecular flexibility index (Phi) is 5.35. The number of nitrogens with zero attached hydrogens (tertiary/aromatic N) is 2. The van der Waals surface area contributed by atoms with Gasteiger partial charge in [0.05, 0.1) is 18.5 Å². The topological polar surface area (TPSA) is 79.4 Å². The zero-order valence-electron chi connectivity index (χ0n) is 15.8. The monoisotopic (exact) mass is 362 g/mol. The summed E-state index contributed by atoms with van der Waals surface area (Å²) in [5.74, 6) is 0.428. The number of ether oxygens (including phenoxy) is 1. The third-order valence-corrected chi connectivity index (χ3v) is 4.46. The van der Waals surface area contributed by atoms with E-state index in [1.54, 1.807) is 13.2 Å². The van der Waals surface area contributed by atoms with Crippen LogP contribution < -0.4 is 10.2 Å². The Morgan fingerprint density at radius 2 is 1.81 bits per heavy atom. The first-order chi connectivity index (χ1) is 13.0. The van der Waals surface area contributed by atoms with Crippen LogP contribution in [0.25, 0.3) is 11.3 Å². The summed E-state index contributed by atoms with van der Waals surface area (Å²) in [5.41, 5.74) is 8.59. The summed E-state index contributed by atoms with van der Waals surface area (Å²) in [5, 5.41) is 11.2. The van der Waals surface area contributed by atoms with Gasteiger partial charge in [-0.1, -0.05) is 12.1 Å². The molecule has 0 saturated carbocycles.